The summed E-state index contributed by atoms with van der Waals surface area (Å²) in [5.41, 5.74) is 0.696. The third-order valence-electron chi connectivity index (χ3n) is 4.63. The van der Waals surface area contributed by atoms with E-state index in [1.165, 1.54) is 0 Å². The van der Waals surface area contributed by atoms with Gasteiger partial charge in [-0.2, -0.15) is 0 Å². The number of imide groups is 1. The molecule has 1 aliphatic heterocycles. The predicted molar refractivity (Wildman–Crippen MR) is 122 cm³/mol. The van der Waals surface area contributed by atoms with E-state index >= 15 is 0 Å². The molecule has 0 spiro atoms. The summed E-state index contributed by atoms with van der Waals surface area (Å²) in [5.74, 6) is 0.476. The SMILES string of the molecule is CCCNC(=O)CN1C(=O)S/C(=C\c2c(OCC)ccc3ccc(OCC)cc23)C1=O. The number of carbonyl (C=O) groups is 3. The zero-order valence-electron chi connectivity index (χ0n) is 17.9. The molecule has 0 saturated carbocycles. The zero-order valence-corrected chi connectivity index (χ0v) is 18.7. The number of benzene rings is 2. The van der Waals surface area contributed by atoms with Crippen molar-refractivity contribution in [2.45, 2.75) is 27.2 Å². The largest absolute Gasteiger partial charge is 0.494 e. The average Bonchev–Trinajstić information content (AvgIpc) is 3.01. The number of hydrogen-bond donors (Lipinski definition) is 1. The Kier molecular flexibility index (Phi) is 7.57. The Morgan fingerprint density at radius 1 is 1.10 bits per heavy atom. The Labute approximate surface area is 185 Å². The first kappa shape index (κ1) is 22.7. The lowest BCUT2D eigenvalue weighted by Crippen LogP contribution is -2.39. The van der Waals surface area contributed by atoms with Crippen LogP contribution in [0.1, 0.15) is 32.8 Å². The number of nitrogens with zero attached hydrogens (tertiary/aromatic N) is 1. The van der Waals surface area contributed by atoms with E-state index in [1.807, 2.05) is 51.1 Å². The van der Waals surface area contributed by atoms with Gasteiger partial charge >= 0.3 is 0 Å². The van der Waals surface area contributed by atoms with E-state index in [2.05, 4.69) is 5.32 Å². The van der Waals surface area contributed by atoms with Crippen molar-refractivity contribution in [3.63, 3.8) is 0 Å². The molecule has 1 saturated heterocycles. The summed E-state index contributed by atoms with van der Waals surface area (Å²) in [5, 5.41) is 4.03. The summed E-state index contributed by atoms with van der Waals surface area (Å²) < 4.78 is 11.4. The Hall–Kier alpha value is -3.00. The van der Waals surface area contributed by atoms with Crippen molar-refractivity contribution < 1.29 is 23.9 Å². The first-order chi connectivity index (χ1) is 15.0. The van der Waals surface area contributed by atoms with Gasteiger partial charge in [0.15, 0.2) is 0 Å². The summed E-state index contributed by atoms with van der Waals surface area (Å²) in [4.78, 5) is 38.5. The quantitative estimate of drug-likeness (QED) is 0.586. The van der Waals surface area contributed by atoms with Crippen molar-refractivity contribution >= 4 is 45.7 Å². The van der Waals surface area contributed by atoms with E-state index in [1.54, 1.807) is 6.08 Å². The molecule has 164 valence electrons. The van der Waals surface area contributed by atoms with Gasteiger partial charge in [-0.25, -0.2) is 0 Å². The molecule has 0 aliphatic carbocycles. The van der Waals surface area contributed by atoms with Crippen molar-refractivity contribution in [1.29, 1.82) is 0 Å². The summed E-state index contributed by atoms with van der Waals surface area (Å²) >= 11 is 0.824. The number of carbonyl (C=O) groups excluding carboxylic acids is 3. The van der Waals surface area contributed by atoms with Crippen LogP contribution in [0.5, 0.6) is 11.5 Å². The van der Waals surface area contributed by atoms with Gasteiger partial charge in [-0.1, -0.05) is 19.1 Å². The van der Waals surface area contributed by atoms with Crippen LogP contribution in [0, 0.1) is 0 Å². The maximum atomic E-state index is 12.9. The third-order valence-corrected chi connectivity index (χ3v) is 5.54. The van der Waals surface area contributed by atoms with Gasteiger partial charge < -0.3 is 14.8 Å². The van der Waals surface area contributed by atoms with E-state index in [-0.39, 0.29) is 17.4 Å². The molecule has 3 rings (SSSR count). The van der Waals surface area contributed by atoms with Crippen LogP contribution in [0.2, 0.25) is 0 Å². The van der Waals surface area contributed by atoms with Gasteiger partial charge in [-0.05, 0) is 67.1 Å². The van der Waals surface area contributed by atoms with Crippen LogP contribution in [-0.2, 0) is 9.59 Å². The molecule has 0 atom stereocenters. The van der Waals surface area contributed by atoms with E-state index in [4.69, 9.17) is 9.47 Å². The topological polar surface area (TPSA) is 84.9 Å². The van der Waals surface area contributed by atoms with Crippen LogP contribution in [0.25, 0.3) is 16.8 Å². The average molecular weight is 443 g/mol. The molecule has 0 radical (unpaired) electrons. The van der Waals surface area contributed by atoms with Gasteiger partial charge in [0.25, 0.3) is 11.1 Å². The monoisotopic (exact) mass is 442 g/mol. The summed E-state index contributed by atoms with van der Waals surface area (Å²) in [6, 6.07) is 9.52. The molecule has 1 heterocycles. The van der Waals surface area contributed by atoms with Gasteiger partial charge in [-0.3, -0.25) is 19.3 Å². The minimum Gasteiger partial charge on any atom is -0.494 e. The third kappa shape index (κ3) is 5.19. The van der Waals surface area contributed by atoms with Crippen LogP contribution in [0.4, 0.5) is 4.79 Å². The van der Waals surface area contributed by atoms with Crippen LogP contribution in [0.15, 0.2) is 35.2 Å². The smallest absolute Gasteiger partial charge is 0.294 e. The molecule has 3 amide bonds. The van der Waals surface area contributed by atoms with Crippen molar-refractivity contribution in [3.05, 3.63) is 40.8 Å². The Morgan fingerprint density at radius 3 is 2.55 bits per heavy atom. The van der Waals surface area contributed by atoms with Crippen LogP contribution in [0.3, 0.4) is 0 Å². The molecule has 1 aliphatic rings. The van der Waals surface area contributed by atoms with E-state index in [0.717, 1.165) is 33.9 Å². The highest BCUT2D eigenvalue weighted by Crippen LogP contribution is 2.37. The van der Waals surface area contributed by atoms with Gasteiger partial charge in [-0.15, -0.1) is 0 Å². The highest BCUT2D eigenvalue weighted by Gasteiger charge is 2.36. The number of fused-ring (bicyclic) bond motifs is 1. The lowest BCUT2D eigenvalue weighted by Gasteiger charge is -2.13. The second-order valence-electron chi connectivity index (χ2n) is 6.84. The van der Waals surface area contributed by atoms with Crippen LogP contribution >= 0.6 is 11.8 Å². The predicted octanol–water partition coefficient (Wildman–Crippen LogP) is 4.20. The number of amides is 3. The molecular weight excluding hydrogens is 416 g/mol. The second kappa shape index (κ2) is 10.3. The van der Waals surface area contributed by atoms with Crippen molar-refractivity contribution in [3.8, 4) is 11.5 Å². The van der Waals surface area contributed by atoms with Crippen molar-refractivity contribution in [1.82, 2.24) is 10.2 Å². The fraction of sp³-hybridized carbons (Fsp3) is 0.348. The van der Waals surface area contributed by atoms with Gasteiger partial charge in [0.05, 0.1) is 18.1 Å². The number of rotatable bonds is 9. The zero-order chi connectivity index (χ0) is 22.4. The molecular formula is C23H26N2O5S. The van der Waals surface area contributed by atoms with Gasteiger partial charge in [0.1, 0.15) is 18.0 Å². The summed E-state index contributed by atoms with van der Waals surface area (Å²) in [7, 11) is 0. The molecule has 7 nitrogen and oxygen atoms in total. The highest BCUT2D eigenvalue weighted by atomic mass is 32.2. The standard InChI is InChI=1S/C23H26N2O5S/c1-4-11-24-21(26)14-25-22(27)20(31-23(25)28)13-18-17-12-16(29-5-2)9-7-15(17)8-10-19(18)30-6-3/h7-10,12-13H,4-6,11,14H2,1-3H3,(H,24,26)/b20-13-. The normalized spacial score (nSPS) is 15.1. The number of thioether (sulfide) groups is 1. The summed E-state index contributed by atoms with van der Waals surface area (Å²) in [6.45, 7) is 6.93. The van der Waals surface area contributed by atoms with E-state index < -0.39 is 11.1 Å². The Morgan fingerprint density at radius 2 is 1.84 bits per heavy atom. The highest BCUT2D eigenvalue weighted by molar-refractivity contribution is 8.18. The fourth-order valence-electron chi connectivity index (χ4n) is 3.22. The fourth-order valence-corrected chi connectivity index (χ4v) is 4.04. The first-order valence-electron chi connectivity index (χ1n) is 10.3. The lowest BCUT2D eigenvalue weighted by atomic mass is 10.0. The summed E-state index contributed by atoms with van der Waals surface area (Å²) in [6.07, 6.45) is 2.44. The van der Waals surface area contributed by atoms with Crippen LogP contribution < -0.4 is 14.8 Å². The molecule has 1 N–H and O–H groups in total. The second-order valence-corrected chi connectivity index (χ2v) is 7.84. The Balaban J connectivity index is 1.99. The van der Waals surface area contributed by atoms with Crippen molar-refractivity contribution in [2.24, 2.45) is 0 Å². The lowest BCUT2D eigenvalue weighted by molar-refractivity contribution is -0.129. The van der Waals surface area contributed by atoms with Gasteiger partial charge in [0, 0.05) is 12.1 Å². The first-order valence-corrected chi connectivity index (χ1v) is 11.1. The van der Waals surface area contributed by atoms with Crippen molar-refractivity contribution in [2.75, 3.05) is 26.3 Å². The van der Waals surface area contributed by atoms with E-state index in [9.17, 15) is 14.4 Å². The van der Waals surface area contributed by atoms with Crippen LogP contribution in [-0.4, -0.2) is 48.3 Å². The minimum absolute atomic E-state index is 0.253. The Bertz CT molecular complexity index is 1030. The van der Waals surface area contributed by atoms with Gasteiger partial charge in [0.2, 0.25) is 5.91 Å². The minimum atomic E-state index is -0.484. The molecule has 0 unspecified atom stereocenters. The maximum Gasteiger partial charge on any atom is 0.294 e. The molecule has 0 aromatic heterocycles. The van der Waals surface area contributed by atoms with E-state index in [0.29, 0.717) is 36.8 Å². The molecule has 31 heavy (non-hydrogen) atoms. The molecule has 2 aromatic carbocycles. The molecule has 2 aromatic rings. The molecule has 8 heteroatoms. The number of nitrogens with one attached hydrogen (secondary N) is 1. The maximum absolute atomic E-state index is 12.9. The number of ether oxygens (including phenoxy) is 2. The molecule has 1 fully saturated rings. The number of hydrogen-bond acceptors (Lipinski definition) is 6. The molecule has 0 bridgehead atoms.